The first kappa shape index (κ1) is 17.5. The number of carbonyl (C=O) groups is 1. The Balaban J connectivity index is 1.55. The first-order valence-electron chi connectivity index (χ1n) is 8.50. The second kappa shape index (κ2) is 8.20. The molecular formula is C20H22N4O2. The molecule has 0 aliphatic carbocycles. The molecule has 0 atom stereocenters. The van der Waals surface area contributed by atoms with E-state index in [4.69, 9.17) is 4.74 Å². The van der Waals surface area contributed by atoms with Crippen molar-refractivity contribution in [1.29, 1.82) is 0 Å². The molecule has 0 bridgehead atoms. The minimum Gasteiger partial charge on any atom is -0.497 e. The molecule has 0 aliphatic rings. The van der Waals surface area contributed by atoms with Gasteiger partial charge in [-0.3, -0.25) is 4.79 Å². The van der Waals surface area contributed by atoms with Gasteiger partial charge in [0, 0.05) is 28.4 Å². The molecule has 26 heavy (non-hydrogen) atoms. The van der Waals surface area contributed by atoms with Crippen molar-refractivity contribution < 1.29 is 9.53 Å². The van der Waals surface area contributed by atoms with Crippen molar-refractivity contribution in [3.8, 4) is 5.75 Å². The van der Waals surface area contributed by atoms with Crippen molar-refractivity contribution in [3.05, 3.63) is 59.8 Å². The molecule has 0 aliphatic heterocycles. The minimum absolute atomic E-state index is 0.136. The number of aryl methyl sites for hydroxylation is 1. The van der Waals surface area contributed by atoms with Crippen LogP contribution in [0.15, 0.2) is 53.8 Å². The zero-order valence-corrected chi connectivity index (χ0v) is 14.9. The number of ether oxygens (including phenoxy) is 1. The summed E-state index contributed by atoms with van der Waals surface area (Å²) >= 11 is 0. The Hall–Kier alpha value is -3.28. The predicted molar refractivity (Wildman–Crippen MR) is 105 cm³/mol. The van der Waals surface area contributed by atoms with E-state index in [0.717, 1.165) is 34.3 Å². The molecule has 1 amide bonds. The fourth-order valence-corrected chi connectivity index (χ4v) is 2.74. The van der Waals surface area contributed by atoms with Gasteiger partial charge < -0.3 is 15.0 Å². The highest BCUT2D eigenvalue weighted by Crippen LogP contribution is 2.21. The summed E-state index contributed by atoms with van der Waals surface area (Å²) in [6.07, 6.45) is 4.51. The molecule has 3 aromatic rings. The van der Waals surface area contributed by atoms with Crippen LogP contribution in [-0.4, -0.2) is 30.8 Å². The lowest BCUT2D eigenvalue weighted by Gasteiger charge is -2.06. The van der Waals surface area contributed by atoms with E-state index in [1.54, 1.807) is 13.3 Å². The Morgan fingerprint density at radius 3 is 2.77 bits per heavy atom. The lowest BCUT2D eigenvalue weighted by Crippen LogP contribution is -2.25. The Kier molecular flexibility index (Phi) is 5.53. The normalized spacial score (nSPS) is 11.0. The van der Waals surface area contributed by atoms with Crippen LogP contribution in [0.4, 0.5) is 5.69 Å². The summed E-state index contributed by atoms with van der Waals surface area (Å²) in [6.45, 7) is 2.26. The minimum atomic E-state index is -0.217. The second-order valence-electron chi connectivity index (χ2n) is 5.81. The van der Waals surface area contributed by atoms with Crippen molar-refractivity contribution >= 4 is 28.7 Å². The molecule has 0 radical (unpaired) electrons. The highest BCUT2D eigenvalue weighted by molar-refractivity contribution is 6.00. The first-order valence-corrected chi connectivity index (χ1v) is 8.50. The zero-order chi connectivity index (χ0) is 18.4. The molecule has 6 heteroatoms. The Morgan fingerprint density at radius 2 is 2.04 bits per heavy atom. The average molecular weight is 350 g/mol. The number of hydrogen-bond acceptors (Lipinski definition) is 4. The third-order valence-electron chi connectivity index (χ3n) is 4.15. The molecule has 0 fully saturated rings. The molecule has 0 spiro atoms. The largest absolute Gasteiger partial charge is 0.497 e. The van der Waals surface area contributed by atoms with Crippen LogP contribution in [0.1, 0.15) is 18.1 Å². The van der Waals surface area contributed by atoms with Gasteiger partial charge in [0.1, 0.15) is 5.75 Å². The summed E-state index contributed by atoms with van der Waals surface area (Å²) in [5, 5.41) is 8.19. The number of hydrogen-bond donors (Lipinski definition) is 3. The first-order chi connectivity index (χ1) is 12.7. The highest BCUT2D eigenvalue weighted by atomic mass is 16.5. The third kappa shape index (κ3) is 4.03. The number of hydrazone groups is 1. The number of H-pyrrole nitrogens is 1. The molecule has 1 heterocycles. The fourth-order valence-electron chi connectivity index (χ4n) is 2.74. The number of para-hydroxylation sites is 1. The smallest absolute Gasteiger partial charge is 0.259 e. The number of amides is 1. The van der Waals surface area contributed by atoms with Gasteiger partial charge in [0.25, 0.3) is 5.91 Å². The number of aromatic nitrogens is 1. The SMILES string of the molecule is CCc1cccc2c(/C=N/NC(=O)CNc3ccc(OC)cc3)c[nH]c12. The summed E-state index contributed by atoms with van der Waals surface area (Å²) < 4.78 is 5.10. The molecule has 0 saturated carbocycles. The van der Waals surface area contributed by atoms with Crippen LogP contribution in [0.25, 0.3) is 10.9 Å². The van der Waals surface area contributed by atoms with Gasteiger partial charge in [-0.25, -0.2) is 5.43 Å². The number of rotatable bonds is 7. The number of methoxy groups -OCH3 is 1. The molecule has 6 nitrogen and oxygen atoms in total. The predicted octanol–water partition coefficient (Wildman–Crippen LogP) is 3.30. The van der Waals surface area contributed by atoms with E-state index < -0.39 is 0 Å². The number of carbonyl (C=O) groups excluding carboxylic acids is 1. The molecule has 0 saturated heterocycles. The van der Waals surface area contributed by atoms with E-state index in [2.05, 4.69) is 33.8 Å². The van der Waals surface area contributed by atoms with E-state index >= 15 is 0 Å². The number of anilines is 1. The number of nitrogens with one attached hydrogen (secondary N) is 3. The summed E-state index contributed by atoms with van der Waals surface area (Å²) in [5.41, 5.74) is 6.69. The van der Waals surface area contributed by atoms with Crippen LogP contribution in [0.2, 0.25) is 0 Å². The van der Waals surface area contributed by atoms with Crippen LogP contribution in [0.3, 0.4) is 0 Å². The molecule has 3 rings (SSSR count). The monoisotopic (exact) mass is 350 g/mol. The highest BCUT2D eigenvalue weighted by Gasteiger charge is 2.05. The Labute approximate surface area is 152 Å². The molecular weight excluding hydrogens is 328 g/mol. The maximum Gasteiger partial charge on any atom is 0.259 e. The van der Waals surface area contributed by atoms with Crippen molar-refractivity contribution in [2.75, 3.05) is 19.0 Å². The van der Waals surface area contributed by atoms with Crippen molar-refractivity contribution in [2.24, 2.45) is 5.10 Å². The molecule has 1 aromatic heterocycles. The van der Waals surface area contributed by atoms with Crippen LogP contribution in [0.5, 0.6) is 5.75 Å². The number of aromatic amines is 1. The quantitative estimate of drug-likeness (QED) is 0.452. The van der Waals surface area contributed by atoms with Gasteiger partial charge in [-0.15, -0.1) is 0 Å². The lowest BCUT2D eigenvalue weighted by atomic mass is 10.1. The number of fused-ring (bicyclic) bond motifs is 1. The fraction of sp³-hybridized carbons (Fsp3) is 0.200. The summed E-state index contributed by atoms with van der Waals surface area (Å²) in [4.78, 5) is 15.2. The molecule has 3 N–H and O–H groups in total. The second-order valence-corrected chi connectivity index (χ2v) is 5.81. The van der Waals surface area contributed by atoms with Gasteiger partial charge in [-0.05, 0) is 36.2 Å². The topological polar surface area (TPSA) is 78.5 Å². The van der Waals surface area contributed by atoms with Gasteiger partial charge in [0.15, 0.2) is 0 Å². The molecule has 0 unspecified atom stereocenters. The van der Waals surface area contributed by atoms with Crippen LogP contribution >= 0.6 is 0 Å². The van der Waals surface area contributed by atoms with E-state index in [1.807, 2.05) is 42.6 Å². The zero-order valence-electron chi connectivity index (χ0n) is 14.9. The maximum atomic E-state index is 11.9. The summed E-state index contributed by atoms with van der Waals surface area (Å²) in [6, 6.07) is 13.6. The Bertz CT molecular complexity index is 913. The molecule has 2 aromatic carbocycles. The van der Waals surface area contributed by atoms with Gasteiger partial charge >= 0.3 is 0 Å². The van der Waals surface area contributed by atoms with Gasteiger partial charge in [-0.1, -0.05) is 25.1 Å². The van der Waals surface area contributed by atoms with Crippen molar-refractivity contribution in [2.45, 2.75) is 13.3 Å². The molecule has 134 valence electrons. The maximum absolute atomic E-state index is 11.9. The van der Waals surface area contributed by atoms with E-state index in [0.29, 0.717) is 0 Å². The average Bonchev–Trinajstić information content (AvgIpc) is 3.10. The lowest BCUT2D eigenvalue weighted by molar-refractivity contribution is -0.119. The van der Waals surface area contributed by atoms with Crippen LogP contribution in [0, 0.1) is 0 Å². The number of benzene rings is 2. The third-order valence-corrected chi connectivity index (χ3v) is 4.15. The van der Waals surface area contributed by atoms with Crippen LogP contribution in [-0.2, 0) is 11.2 Å². The summed E-state index contributed by atoms with van der Waals surface area (Å²) in [7, 11) is 1.62. The van der Waals surface area contributed by atoms with Gasteiger partial charge in [0.2, 0.25) is 0 Å². The van der Waals surface area contributed by atoms with Crippen molar-refractivity contribution in [1.82, 2.24) is 10.4 Å². The van der Waals surface area contributed by atoms with Gasteiger partial charge in [0.05, 0.1) is 19.9 Å². The van der Waals surface area contributed by atoms with E-state index in [9.17, 15) is 4.79 Å². The standard InChI is InChI=1S/C20H22N4O2/c1-3-14-5-4-6-18-15(11-22-20(14)18)12-23-24-19(25)13-21-16-7-9-17(26-2)10-8-16/h4-12,21-22H,3,13H2,1-2H3,(H,24,25)/b23-12+. The van der Waals surface area contributed by atoms with E-state index in [-0.39, 0.29) is 12.5 Å². The van der Waals surface area contributed by atoms with Crippen molar-refractivity contribution in [3.63, 3.8) is 0 Å². The van der Waals surface area contributed by atoms with Gasteiger partial charge in [-0.2, -0.15) is 5.10 Å². The summed E-state index contributed by atoms with van der Waals surface area (Å²) in [5.74, 6) is 0.556. The Morgan fingerprint density at radius 1 is 1.23 bits per heavy atom. The number of nitrogens with zero attached hydrogens (tertiary/aromatic N) is 1. The van der Waals surface area contributed by atoms with Crippen LogP contribution < -0.4 is 15.5 Å². The van der Waals surface area contributed by atoms with E-state index in [1.165, 1.54) is 5.56 Å².